The minimum absolute atomic E-state index is 0.155. The van der Waals surface area contributed by atoms with Crippen molar-refractivity contribution in [3.05, 3.63) is 77.2 Å². The molecular weight excluding hydrogens is 410 g/mol. The smallest absolute Gasteiger partial charge is 0.273 e. The van der Waals surface area contributed by atoms with Gasteiger partial charge in [-0.05, 0) is 42.6 Å². The highest BCUT2D eigenvalue weighted by atomic mass is 32.2. The Hall–Kier alpha value is -3.17. The third kappa shape index (κ3) is 5.21. The number of hydrogen-bond acceptors (Lipinski definition) is 6. The summed E-state index contributed by atoms with van der Waals surface area (Å²) in [5.74, 6) is 0.108. The zero-order valence-corrected chi connectivity index (χ0v) is 17.2. The average Bonchev–Trinajstić information content (AvgIpc) is 3.25. The van der Waals surface area contributed by atoms with Gasteiger partial charge in [-0.2, -0.15) is 5.10 Å². The van der Waals surface area contributed by atoms with E-state index in [9.17, 15) is 13.2 Å². The minimum atomic E-state index is -3.77. The monoisotopic (exact) mass is 429 g/mol. The number of nitrogens with one attached hydrogen (secondary N) is 2. The fourth-order valence-electron chi connectivity index (χ4n) is 2.48. The van der Waals surface area contributed by atoms with Gasteiger partial charge in [0, 0.05) is 5.56 Å². The number of rotatable bonds is 8. The Balaban J connectivity index is 1.76. The summed E-state index contributed by atoms with van der Waals surface area (Å²) >= 11 is 1.09. The van der Waals surface area contributed by atoms with E-state index in [1.54, 1.807) is 29.6 Å². The Bertz CT molecular complexity index is 1110. The van der Waals surface area contributed by atoms with Gasteiger partial charge in [0.15, 0.2) is 0 Å². The number of carbonyl (C=O) groups is 1. The lowest BCUT2D eigenvalue weighted by Gasteiger charge is -2.10. The average molecular weight is 430 g/mol. The first kappa shape index (κ1) is 20.6. The number of hydrogen-bond donors (Lipinski definition) is 2. The van der Waals surface area contributed by atoms with Crippen molar-refractivity contribution in [2.24, 2.45) is 5.10 Å². The van der Waals surface area contributed by atoms with Gasteiger partial charge in [0.25, 0.3) is 15.9 Å². The first-order valence-electron chi connectivity index (χ1n) is 8.72. The molecule has 0 unspecified atom stereocenters. The van der Waals surface area contributed by atoms with E-state index in [1.165, 1.54) is 24.4 Å². The second kappa shape index (κ2) is 9.35. The van der Waals surface area contributed by atoms with Gasteiger partial charge in [0.1, 0.15) is 9.96 Å². The molecule has 3 rings (SSSR count). The highest BCUT2D eigenvalue weighted by Crippen LogP contribution is 2.23. The van der Waals surface area contributed by atoms with E-state index < -0.39 is 15.9 Å². The Labute approximate surface area is 173 Å². The predicted octanol–water partition coefficient (Wildman–Crippen LogP) is 3.71. The SMILES string of the molecule is CCOc1ccccc1/C=N/NC(=O)c1ccccc1NS(=O)(=O)c1cccs1. The molecule has 0 aliphatic rings. The molecule has 0 saturated heterocycles. The molecule has 2 N–H and O–H groups in total. The fourth-order valence-corrected chi connectivity index (χ4v) is 4.55. The summed E-state index contributed by atoms with van der Waals surface area (Å²) in [6, 6.07) is 16.8. The lowest BCUT2D eigenvalue weighted by molar-refractivity contribution is 0.0956. The molecule has 3 aromatic rings. The molecule has 0 aliphatic carbocycles. The zero-order valence-electron chi connectivity index (χ0n) is 15.5. The molecule has 2 aromatic carbocycles. The van der Waals surface area contributed by atoms with Crippen molar-refractivity contribution in [1.82, 2.24) is 5.43 Å². The number of nitrogens with zero attached hydrogens (tertiary/aromatic N) is 1. The molecule has 0 radical (unpaired) electrons. The molecule has 150 valence electrons. The molecule has 0 saturated carbocycles. The van der Waals surface area contributed by atoms with E-state index in [0.717, 1.165) is 11.3 Å². The topological polar surface area (TPSA) is 96.9 Å². The van der Waals surface area contributed by atoms with Crippen molar-refractivity contribution in [3.63, 3.8) is 0 Å². The minimum Gasteiger partial charge on any atom is -0.493 e. The number of carbonyl (C=O) groups excluding carboxylic acids is 1. The number of anilines is 1. The summed E-state index contributed by atoms with van der Waals surface area (Å²) in [6.45, 7) is 2.39. The maximum Gasteiger partial charge on any atom is 0.273 e. The second-order valence-electron chi connectivity index (χ2n) is 5.75. The van der Waals surface area contributed by atoms with E-state index in [4.69, 9.17) is 4.74 Å². The van der Waals surface area contributed by atoms with Gasteiger partial charge in [0.05, 0.1) is 24.1 Å². The Morgan fingerprint density at radius 2 is 1.86 bits per heavy atom. The Kier molecular flexibility index (Phi) is 6.63. The third-order valence-corrected chi connectivity index (χ3v) is 6.53. The maximum atomic E-state index is 12.6. The predicted molar refractivity (Wildman–Crippen MR) is 114 cm³/mol. The van der Waals surface area contributed by atoms with Crippen LogP contribution < -0.4 is 14.9 Å². The number of amides is 1. The normalized spacial score (nSPS) is 11.3. The van der Waals surface area contributed by atoms with Crippen LogP contribution >= 0.6 is 11.3 Å². The van der Waals surface area contributed by atoms with Crippen LogP contribution in [0.15, 0.2) is 75.4 Å². The number of sulfonamides is 1. The molecule has 9 heteroatoms. The molecule has 0 aliphatic heterocycles. The van der Waals surface area contributed by atoms with Crippen molar-refractivity contribution in [2.75, 3.05) is 11.3 Å². The third-order valence-electron chi connectivity index (χ3n) is 3.76. The van der Waals surface area contributed by atoms with Crippen LogP contribution in [0.5, 0.6) is 5.75 Å². The van der Waals surface area contributed by atoms with E-state index >= 15 is 0 Å². The molecular formula is C20H19N3O4S2. The molecule has 0 bridgehead atoms. The highest BCUT2D eigenvalue weighted by Gasteiger charge is 2.19. The summed E-state index contributed by atoms with van der Waals surface area (Å²) in [6.07, 6.45) is 1.47. The van der Waals surface area contributed by atoms with Crippen LogP contribution in [0.4, 0.5) is 5.69 Å². The Morgan fingerprint density at radius 1 is 1.10 bits per heavy atom. The van der Waals surface area contributed by atoms with Gasteiger partial charge in [-0.1, -0.05) is 30.3 Å². The number of ether oxygens (including phenoxy) is 1. The number of thiophene rings is 1. The first-order valence-corrected chi connectivity index (χ1v) is 11.1. The summed E-state index contributed by atoms with van der Waals surface area (Å²) in [5.41, 5.74) is 3.46. The quantitative estimate of drug-likeness (QED) is 0.421. The molecule has 7 nitrogen and oxygen atoms in total. The second-order valence-corrected chi connectivity index (χ2v) is 8.61. The van der Waals surface area contributed by atoms with E-state index in [1.807, 2.05) is 25.1 Å². The van der Waals surface area contributed by atoms with E-state index in [0.29, 0.717) is 17.9 Å². The van der Waals surface area contributed by atoms with Gasteiger partial charge in [0.2, 0.25) is 0 Å². The van der Waals surface area contributed by atoms with Gasteiger partial charge in [-0.3, -0.25) is 9.52 Å². The summed E-state index contributed by atoms with van der Waals surface area (Å²) in [5, 5.41) is 5.64. The number of para-hydroxylation sites is 2. The maximum absolute atomic E-state index is 12.6. The van der Waals surface area contributed by atoms with E-state index in [-0.39, 0.29) is 15.5 Å². The van der Waals surface area contributed by atoms with Crippen molar-refractivity contribution in [3.8, 4) is 5.75 Å². The summed E-state index contributed by atoms with van der Waals surface area (Å²) in [7, 11) is -3.77. The van der Waals surface area contributed by atoms with Crippen LogP contribution in [0, 0.1) is 0 Å². The molecule has 0 spiro atoms. The number of hydrazone groups is 1. The molecule has 1 amide bonds. The van der Waals surface area contributed by atoms with Crippen LogP contribution in [0.2, 0.25) is 0 Å². The van der Waals surface area contributed by atoms with Gasteiger partial charge < -0.3 is 4.74 Å². The molecule has 1 aromatic heterocycles. The van der Waals surface area contributed by atoms with Crippen molar-refractivity contribution in [1.29, 1.82) is 0 Å². The van der Waals surface area contributed by atoms with Crippen molar-refractivity contribution in [2.45, 2.75) is 11.1 Å². The highest BCUT2D eigenvalue weighted by molar-refractivity contribution is 7.94. The van der Waals surface area contributed by atoms with Crippen LogP contribution in [-0.4, -0.2) is 27.1 Å². The first-order chi connectivity index (χ1) is 14.0. The van der Waals surface area contributed by atoms with Crippen LogP contribution in [-0.2, 0) is 10.0 Å². The van der Waals surface area contributed by atoms with Crippen LogP contribution in [0.3, 0.4) is 0 Å². The lowest BCUT2D eigenvalue weighted by Crippen LogP contribution is -2.21. The standard InChI is InChI=1S/C20H19N3O4S2/c1-2-27-18-11-6-3-8-15(18)14-21-22-20(24)16-9-4-5-10-17(16)23-29(25,26)19-12-7-13-28-19/h3-14,23H,2H2,1H3,(H,22,24)/b21-14+. The van der Waals surface area contributed by atoms with Crippen LogP contribution in [0.25, 0.3) is 0 Å². The lowest BCUT2D eigenvalue weighted by atomic mass is 10.2. The van der Waals surface area contributed by atoms with Gasteiger partial charge in [-0.25, -0.2) is 13.8 Å². The zero-order chi connectivity index (χ0) is 20.7. The largest absolute Gasteiger partial charge is 0.493 e. The molecule has 0 atom stereocenters. The fraction of sp³-hybridized carbons (Fsp3) is 0.100. The van der Waals surface area contributed by atoms with Crippen molar-refractivity contribution >= 4 is 39.2 Å². The molecule has 0 fully saturated rings. The van der Waals surface area contributed by atoms with E-state index in [2.05, 4.69) is 15.2 Å². The van der Waals surface area contributed by atoms with Crippen molar-refractivity contribution < 1.29 is 17.9 Å². The van der Waals surface area contributed by atoms with Gasteiger partial charge >= 0.3 is 0 Å². The summed E-state index contributed by atoms with van der Waals surface area (Å²) in [4.78, 5) is 12.6. The van der Waals surface area contributed by atoms with Crippen LogP contribution in [0.1, 0.15) is 22.8 Å². The number of benzene rings is 2. The summed E-state index contributed by atoms with van der Waals surface area (Å²) < 4.78 is 33.0. The molecule has 1 heterocycles. The molecule has 29 heavy (non-hydrogen) atoms. The van der Waals surface area contributed by atoms with Gasteiger partial charge in [-0.15, -0.1) is 11.3 Å². The Morgan fingerprint density at radius 3 is 2.62 bits per heavy atom.